The molecule has 2 N–H and O–H groups in total. The number of nitrogens with one attached hydrogen (secondary N) is 2. The molecule has 1 atom stereocenters. The van der Waals surface area contributed by atoms with Gasteiger partial charge in [-0.2, -0.15) is 17.4 Å². The normalized spacial score (nSPS) is 25.9. The summed E-state index contributed by atoms with van der Waals surface area (Å²) in [5.74, 6) is 1.09. The lowest BCUT2D eigenvalue weighted by Gasteiger charge is -2.32. The molecule has 112 valence electrons. The Bertz CT molecular complexity index is 379. The van der Waals surface area contributed by atoms with E-state index in [4.69, 9.17) is 0 Å². The fourth-order valence-electron chi connectivity index (χ4n) is 2.47. The van der Waals surface area contributed by atoms with E-state index in [1.54, 1.807) is 4.31 Å². The first-order chi connectivity index (χ1) is 8.97. The summed E-state index contributed by atoms with van der Waals surface area (Å²) < 4.78 is 28.7. The Kier molecular flexibility index (Phi) is 5.22. The van der Waals surface area contributed by atoms with Crippen LogP contribution in [0, 0.1) is 11.8 Å². The van der Waals surface area contributed by atoms with E-state index < -0.39 is 10.2 Å². The van der Waals surface area contributed by atoms with Gasteiger partial charge in [-0.25, -0.2) is 0 Å². The monoisotopic (exact) mass is 289 g/mol. The summed E-state index contributed by atoms with van der Waals surface area (Å²) in [6.45, 7) is 7.63. The van der Waals surface area contributed by atoms with Crippen molar-refractivity contribution in [1.82, 2.24) is 14.3 Å². The lowest BCUT2D eigenvalue weighted by atomic mass is 9.99. The molecule has 1 saturated carbocycles. The molecule has 1 heterocycles. The second kappa shape index (κ2) is 6.52. The quantitative estimate of drug-likeness (QED) is 0.733. The van der Waals surface area contributed by atoms with Crippen molar-refractivity contribution in [1.29, 1.82) is 0 Å². The van der Waals surface area contributed by atoms with Crippen LogP contribution in [-0.2, 0) is 10.2 Å². The first-order valence-corrected chi connectivity index (χ1v) is 8.89. The largest absolute Gasteiger partial charge is 0.316 e. The fraction of sp³-hybridized carbons (Fsp3) is 1.00. The van der Waals surface area contributed by atoms with Gasteiger partial charge in [0.25, 0.3) is 10.2 Å². The van der Waals surface area contributed by atoms with Crippen LogP contribution >= 0.6 is 0 Å². The third-order valence-corrected chi connectivity index (χ3v) is 5.34. The number of rotatable bonds is 7. The van der Waals surface area contributed by atoms with Gasteiger partial charge in [0, 0.05) is 19.1 Å². The van der Waals surface area contributed by atoms with Crippen LogP contribution in [0.3, 0.4) is 0 Å². The highest BCUT2D eigenvalue weighted by Crippen LogP contribution is 2.23. The van der Waals surface area contributed by atoms with Crippen molar-refractivity contribution >= 4 is 10.2 Å². The van der Waals surface area contributed by atoms with E-state index in [0.29, 0.717) is 24.9 Å². The predicted molar refractivity (Wildman–Crippen MR) is 77.1 cm³/mol. The number of hydrogen-bond acceptors (Lipinski definition) is 3. The molecule has 0 spiro atoms. The Morgan fingerprint density at radius 1 is 1.26 bits per heavy atom. The molecule has 6 heteroatoms. The van der Waals surface area contributed by atoms with Gasteiger partial charge in [-0.3, -0.25) is 0 Å². The van der Waals surface area contributed by atoms with E-state index in [1.165, 1.54) is 0 Å². The van der Waals surface area contributed by atoms with E-state index in [0.717, 1.165) is 38.8 Å². The molecule has 1 aliphatic carbocycles. The molecule has 0 aromatic heterocycles. The molecule has 1 saturated heterocycles. The van der Waals surface area contributed by atoms with Crippen molar-refractivity contribution in [2.24, 2.45) is 11.8 Å². The van der Waals surface area contributed by atoms with Gasteiger partial charge in [0.05, 0.1) is 0 Å². The van der Waals surface area contributed by atoms with E-state index in [-0.39, 0.29) is 6.04 Å². The summed E-state index contributed by atoms with van der Waals surface area (Å²) in [7, 11) is -3.24. The van der Waals surface area contributed by atoms with Gasteiger partial charge in [0.2, 0.25) is 0 Å². The van der Waals surface area contributed by atoms with Crippen LogP contribution in [0.2, 0.25) is 0 Å². The predicted octanol–water partition coefficient (Wildman–Crippen LogP) is 0.941. The summed E-state index contributed by atoms with van der Waals surface area (Å²) >= 11 is 0. The molecule has 5 nitrogen and oxygen atoms in total. The molecular formula is C13H27N3O2S. The SMILES string of the molecule is CC(C)CNCC1CCCN(S(=O)(=O)NC2CC2)C1. The molecular weight excluding hydrogens is 262 g/mol. The summed E-state index contributed by atoms with van der Waals surface area (Å²) in [6.07, 6.45) is 4.08. The van der Waals surface area contributed by atoms with Gasteiger partial charge in [-0.05, 0) is 50.6 Å². The first-order valence-electron chi connectivity index (χ1n) is 7.45. The molecule has 1 unspecified atom stereocenters. The van der Waals surface area contributed by atoms with Crippen LogP contribution in [-0.4, -0.2) is 44.9 Å². The van der Waals surface area contributed by atoms with E-state index in [1.807, 2.05) is 0 Å². The molecule has 1 aliphatic heterocycles. The molecule has 2 rings (SSSR count). The van der Waals surface area contributed by atoms with E-state index >= 15 is 0 Å². The zero-order valence-corrected chi connectivity index (χ0v) is 12.9. The first kappa shape index (κ1) is 15.2. The second-order valence-electron chi connectivity index (χ2n) is 6.32. The molecule has 0 aromatic rings. The molecule has 0 radical (unpaired) electrons. The third-order valence-electron chi connectivity index (χ3n) is 3.70. The molecule has 0 bridgehead atoms. The number of hydrogen-bond donors (Lipinski definition) is 2. The van der Waals surface area contributed by atoms with Gasteiger partial charge in [0.15, 0.2) is 0 Å². The van der Waals surface area contributed by atoms with Crippen molar-refractivity contribution in [2.45, 2.75) is 45.6 Å². The maximum Gasteiger partial charge on any atom is 0.279 e. The topological polar surface area (TPSA) is 61.4 Å². The van der Waals surface area contributed by atoms with Crippen LogP contribution in [0.15, 0.2) is 0 Å². The lowest BCUT2D eigenvalue weighted by molar-refractivity contribution is 0.256. The average Bonchev–Trinajstić information content (AvgIpc) is 3.12. The summed E-state index contributed by atoms with van der Waals surface area (Å²) in [5, 5.41) is 3.44. The molecule has 2 aliphatic rings. The molecule has 0 aromatic carbocycles. The highest BCUT2D eigenvalue weighted by atomic mass is 32.2. The maximum atomic E-state index is 12.2. The zero-order chi connectivity index (χ0) is 13.9. The van der Waals surface area contributed by atoms with Crippen molar-refractivity contribution in [3.05, 3.63) is 0 Å². The Balaban J connectivity index is 1.79. The van der Waals surface area contributed by atoms with Crippen LogP contribution < -0.4 is 10.0 Å². The molecule has 0 amide bonds. The van der Waals surface area contributed by atoms with Gasteiger partial charge < -0.3 is 5.32 Å². The van der Waals surface area contributed by atoms with E-state index in [2.05, 4.69) is 23.9 Å². The standard InChI is InChI=1S/C13H27N3O2S/c1-11(2)8-14-9-12-4-3-7-16(10-12)19(17,18)15-13-5-6-13/h11-15H,3-10H2,1-2H3. The highest BCUT2D eigenvalue weighted by Gasteiger charge is 2.33. The van der Waals surface area contributed by atoms with Gasteiger partial charge in [-0.15, -0.1) is 0 Å². The maximum absolute atomic E-state index is 12.2. The van der Waals surface area contributed by atoms with Crippen molar-refractivity contribution in [2.75, 3.05) is 26.2 Å². The minimum Gasteiger partial charge on any atom is -0.316 e. The Morgan fingerprint density at radius 2 is 2.00 bits per heavy atom. The van der Waals surface area contributed by atoms with Crippen molar-refractivity contribution < 1.29 is 8.42 Å². The third kappa shape index (κ3) is 5.02. The van der Waals surface area contributed by atoms with Crippen LogP contribution in [0.5, 0.6) is 0 Å². The summed E-state index contributed by atoms with van der Waals surface area (Å²) in [4.78, 5) is 0. The van der Waals surface area contributed by atoms with E-state index in [9.17, 15) is 8.42 Å². The lowest BCUT2D eigenvalue weighted by Crippen LogP contribution is -2.48. The van der Waals surface area contributed by atoms with Gasteiger partial charge in [0.1, 0.15) is 0 Å². The van der Waals surface area contributed by atoms with Gasteiger partial charge in [-0.1, -0.05) is 13.8 Å². The minimum atomic E-state index is -3.24. The van der Waals surface area contributed by atoms with Crippen LogP contribution in [0.1, 0.15) is 39.5 Å². The van der Waals surface area contributed by atoms with Gasteiger partial charge >= 0.3 is 0 Å². The summed E-state index contributed by atoms with van der Waals surface area (Å²) in [5.41, 5.74) is 0. The Hall–Kier alpha value is -0.170. The van der Waals surface area contributed by atoms with Crippen molar-refractivity contribution in [3.63, 3.8) is 0 Å². The fourth-order valence-corrected chi connectivity index (χ4v) is 4.06. The van der Waals surface area contributed by atoms with Crippen molar-refractivity contribution in [3.8, 4) is 0 Å². The smallest absolute Gasteiger partial charge is 0.279 e. The van der Waals surface area contributed by atoms with Crippen LogP contribution in [0.25, 0.3) is 0 Å². The Morgan fingerprint density at radius 3 is 2.63 bits per heavy atom. The molecule has 2 fully saturated rings. The average molecular weight is 289 g/mol. The zero-order valence-electron chi connectivity index (χ0n) is 12.1. The number of piperidine rings is 1. The molecule has 19 heavy (non-hydrogen) atoms. The number of nitrogens with zero attached hydrogens (tertiary/aromatic N) is 1. The summed E-state index contributed by atoms with van der Waals surface area (Å²) in [6, 6.07) is 0.199. The van der Waals surface area contributed by atoms with Crippen LogP contribution in [0.4, 0.5) is 0 Å². The second-order valence-corrected chi connectivity index (χ2v) is 8.02. The minimum absolute atomic E-state index is 0.199. The highest BCUT2D eigenvalue weighted by molar-refractivity contribution is 7.87. The Labute approximate surface area is 117 Å².